The molecule has 1 amide bonds. The van der Waals surface area contributed by atoms with E-state index >= 15 is 0 Å². The van der Waals surface area contributed by atoms with Gasteiger partial charge in [-0.15, -0.1) is 0 Å². The number of hydrogen-bond acceptors (Lipinski definition) is 3. The fourth-order valence-electron chi connectivity index (χ4n) is 4.22. The summed E-state index contributed by atoms with van der Waals surface area (Å²) in [5.41, 5.74) is 5.43. The standard InChI is InChI=1S/C26H20BrNO3/c1-14-7-10-21-20(11-14)24(29)22-23(17-5-4-6-18(27)13-17)28(26(30)25(22)31-21)19-9-8-15(2)16(3)12-19/h4-13,23H,1-3H3. The normalized spacial score (nSPS) is 15.5. The van der Waals surface area contributed by atoms with E-state index in [0.717, 1.165) is 32.4 Å². The van der Waals surface area contributed by atoms with Crippen molar-refractivity contribution in [3.8, 4) is 0 Å². The van der Waals surface area contributed by atoms with Crippen molar-refractivity contribution in [2.24, 2.45) is 0 Å². The lowest BCUT2D eigenvalue weighted by atomic mass is 9.97. The number of rotatable bonds is 2. The van der Waals surface area contributed by atoms with Crippen LogP contribution in [-0.4, -0.2) is 5.91 Å². The lowest BCUT2D eigenvalue weighted by Crippen LogP contribution is -2.29. The third-order valence-corrected chi connectivity index (χ3v) is 6.45. The molecule has 0 spiro atoms. The fraction of sp³-hybridized carbons (Fsp3) is 0.154. The van der Waals surface area contributed by atoms with Gasteiger partial charge in [0.15, 0.2) is 5.43 Å². The van der Waals surface area contributed by atoms with Crippen molar-refractivity contribution in [2.75, 3.05) is 4.90 Å². The first kappa shape index (κ1) is 19.8. The molecular weight excluding hydrogens is 454 g/mol. The van der Waals surface area contributed by atoms with Gasteiger partial charge < -0.3 is 4.42 Å². The molecule has 0 saturated carbocycles. The first-order valence-electron chi connectivity index (χ1n) is 10.1. The Morgan fingerprint density at radius 3 is 2.45 bits per heavy atom. The second-order valence-corrected chi connectivity index (χ2v) is 8.99. The van der Waals surface area contributed by atoms with Crippen LogP contribution in [0.1, 0.15) is 44.4 Å². The van der Waals surface area contributed by atoms with Crippen LogP contribution in [-0.2, 0) is 0 Å². The summed E-state index contributed by atoms with van der Waals surface area (Å²) in [6, 6.07) is 18.5. The van der Waals surface area contributed by atoms with Gasteiger partial charge >= 0.3 is 0 Å². The van der Waals surface area contributed by atoms with E-state index < -0.39 is 6.04 Å². The van der Waals surface area contributed by atoms with E-state index in [-0.39, 0.29) is 17.1 Å². The largest absolute Gasteiger partial charge is 0.450 e. The Morgan fingerprint density at radius 2 is 1.71 bits per heavy atom. The molecule has 1 aromatic heterocycles. The van der Waals surface area contributed by atoms with Crippen molar-refractivity contribution < 1.29 is 9.21 Å². The molecule has 0 bridgehead atoms. The number of halogens is 1. The molecule has 154 valence electrons. The Labute approximate surface area is 188 Å². The molecule has 1 atom stereocenters. The van der Waals surface area contributed by atoms with E-state index in [1.807, 2.05) is 75.4 Å². The molecule has 4 aromatic rings. The molecule has 1 aliphatic heterocycles. The first-order chi connectivity index (χ1) is 14.8. The molecular formula is C26H20BrNO3. The highest BCUT2D eigenvalue weighted by molar-refractivity contribution is 9.10. The summed E-state index contributed by atoms with van der Waals surface area (Å²) in [4.78, 5) is 28.9. The number of carbonyl (C=O) groups is 1. The van der Waals surface area contributed by atoms with Crippen LogP contribution >= 0.6 is 15.9 Å². The second kappa shape index (κ2) is 7.20. The third kappa shape index (κ3) is 3.12. The Bertz CT molecular complexity index is 1440. The Hall–Kier alpha value is -3.18. The highest BCUT2D eigenvalue weighted by Crippen LogP contribution is 2.42. The number of aryl methyl sites for hydroxylation is 3. The number of anilines is 1. The molecule has 0 N–H and O–H groups in total. The average molecular weight is 474 g/mol. The lowest BCUT2D eigenvalue weighted by Gasteiger charge is -2.26. The van der Waals surface area contributed by atoms with E-state index in [1.165, 1.54) is 0 Å². The molecule has 0 fully saturated rings. The number of fused-ring (bicyclic) bond motifs is 2. The zero-order valence-electron chi connectivity index (χ0n) is 17.4. The summed E-state index contributed by atoms with van der Waals surface area (Å²) in [5, 5.41) is 0.494. The minimum absolute atomic E-state index is 0.115. The molecule has 3 aromatic carbocycles. The van der Waals surface area contributed by atoms with Gasteiger partial charge in [-0.25, -0.2) is 0 Å². The van der Waals surface area contributed by atoms with E-state index in [1.54, 1.807) is 11.0 Å². The minimum atomic E-state index is -0.566. The van der Waals surface area contributed by atoms with E-state index in [0.29, 0.717) is 16.5 Å². The second-order valence-electron chi connectivity index (χ2n) is 8.07. The van der Waals surface area contributed by atoms with Crippen LogP contribution in [0.5, 0.6) is 0 Å². The molecule has 4 nitrogen and oxygen atoms in total. The van der Waals surface area contributed by atoms with Gasteiger partial charge in [0, 0.05) is 10.2 Å². The minimum Gasteiger partial charge on any atom is -0.450 e. The van der Waals surface area contributed by atoms with Gasteiger partial charge in [-0.1, -0.05) is 45.8 Å². The topological polar surface area (TPSA) is 50.5 Å². The van der Waals surface area contributed by atoms with Gasteiger partial charge in [-0.2, -0.15) is 0 Å². The maximum absolute atomic E-state index is 13.6. The summed E-state index contributed by atoms with van der Waals surface area (Å²) >= 11 is 3.52. The summed E-state index contributed by atoms with van der Waals surface area (Å²) in [6.07, 6.45) is 0. The van der Waals surface area contributed by atoms with Crippen molar-refractivity contribution in [3.05, 3.63) is 109 Å². The molecule has 1 unspecified atom stereocenters. The van der Waals surface area contributed by atoms with Crippen LogP contribution in [0.25, 0.3) is 11.0 Å². The average Bonchev–Trinajstić information content (AvgIpc) is 3.03. The van der Waals surface area contributed by atoms with Crippen molar-refractivity contribution in [3.63, 3.8) is 0 Å². The maximum atomic E-state index is 13.6. The van der Waals surface area contributed by atoms with Crippen molar-refractivity contribution in [1.82, 2.24) is 0 Å². The van der Waals surface area contributed by atoms with Crippen molar-refractivity contribution in [2.45, 2.75) is 26.8 Å². The van der Waals surface area contributed by atoms with E-state index in [2.05, 4.69) is 15.9 Å². The van der Waals surface area contributed by atoms with Gasteiger partial charge in [-0.3, -0.25) is 14.5 Å². The van der Waals surface area contributed by atoms with Crippen LogP contribution in [0.15, 0.2) is 74.3 Å². The number of amides is 1. The van der Waals surface area contributed by atoms with E-state index in [4.69, 9.17) is 4.42 Å². The SMILES string of the molecule is Cc1ccc2oc3c(c(=O)c2c1)C(c1cccc(Br)c1)N(c1ccc(C)c(C)c1)C3=O. The summed E-state index contributed by atoms with van der Waals surface area (Å²) in [6.45, 7) is 5.98. The van der Waals surface area contributed by atoms with Crippen LogP contribution < -0.4 is 10.3 Å². The predicted molar refractivity (Wildman–Crippen MR) is 126 cm³/mol. The smallest absolute Gasteiger partial charge is 0.295 e. The third-order valence-electron chi connectivity index (χ3n) is 5.96. The summed E-state index contributed by atoms with van der Waals surface area (Å²) < 4.78 is 6.92. The van der Waals surface area contributed by atoms with Gasteiger partial charge in [0.1, 0.15) is 5.58 Å². The molecule has 0 radical (unpaired) electrons. The lowest BCUT2D eigenvalue weighted by molar-refractivity contribution is 0.0971. The van der Waals surface area contributed by atoms with Crippen LogP contribution in [0.2, 0.25) is 0 Å². The molecule has 5 rings (SSSR count). The van der Waals surface area contributed by atoms with Crippen LogP contribution in [0, 0.1) is 20.8 Å². The predicted octanol–water partition coefficient (Wildman–Crippen LogP) is 6.23. The number of nitrogens with zero attached hydrogens (tertiary/aromatic N) is 1. The fourth-order valence-corrected chi connectivity index (χ4v) is 4.64. The quantitative estimate of drug-likeness (QED) is 0.346. The van der Waals surface area contributed by atoms with Crippen LogP contribution in [0.4, 0.5) is 5.69 Å². The molecule has 0 saturated heterocycles. The summed E-state index contributed by atoms with van der Waals surface area (Å²) in [7, 11) is 0. The summed E-state index contributed by atoms with van der Waals surface area (Å²) in [5.74, 6) is -0.188. The Balaban J connectivity index is 1.83. The van der Waals surface area contributed by atoms with Gasteiger partial charge in [0.25, 0.3) is 5.91 Å². The Kier molecular flexibility index (Phi) is 4.59. The molecule has 5 heteroatoms. The molecule has 31 heavy (non-hydrogen) atoms. The van der Waals surface area contributed by atoms with Gasteiger partial charge in [0.2, 0.25) is 5.76 Å². The van der Waals surface area contributed by atoms with Gasteiger partial charge in [0.05, 0.1) is 17.0 Å². The monoisotopic (exact) mass is 473 g/mol. The van der Waals surface area contributed by atoms with Crippen molar-refractivity contribution in [1.29, 1.82) is 0 Å². The van der Waals surface area contributed by atoms with Gasteiger partial charge in [-0.05, 0) is 73.9 Å². The molecule has 2 heterocycles. The zero-order valence-corrected chi connectivity index (χ0v) is 19.0. The Morgan fingerprint density at radius 1 is 0.903 bits per heavy atom. The van der Waals surface area contributed by atoms with Crippen LogP contribution in [0.3, 0.4) is 0 Å². The first-order valence-corrected chi connectivity index (χ1v) is 10.9. The highest BCUT2D eigenvalue weighted by atomic mass is 79.9. The maximum Gasteiger partial charge on any atom is 0.295 e. The number of carbonyl (C=O) groups excluding carboxylic acids is 1. The number of benzene rings is 3. The molecule has 0 aliphatic carbocycles. The van der Waals surface area contributed by atoms with E-state index in [9.17, 15) is 9.59 Å². The van der Waals surface area contributed by atoms with Crippen molar-refractivity contribution >= 4 is 38.5 Å². The zero-order chi connectivity index (χ0) is 21.9. The number of hydrogen-bond donors (Lipinski definition) is 0. The molecule has 1 aliphatic rings. The highest BCUT2D eigenvalue weighted by Gasteiger charge is 2.43.